The average Bonchev–Trinajstić information content (AvgIpc) is 2.53. The number of hydrogen-bond acceptors (Lipinski definition) is 4. The normalized spacial score (nSPS) is 16.6. The molecule has 1 fully saturated rings. The fourth-order valence-corrected chi connectivity index (χ4v) is 2.53. The van der Waals surface area contributed by atoms with E-state index in [4.69, 9.17) is 9.84 Å². The second-order valence-corrected chi connectivity index (χ2v) is 5.40. The lowest BCUT2D eigenvalue weighted by molar-refractivity contribution is 0.125. The molecular formula is C16H24N2O3. The summed E-state index contributed by atoms with van der Waals surface area (Å²) in [5.41, 5.74) is 0.992. The highest BCUT2D eigenvalue weighted by Crippen LogP contribution is 2.11. The van der Waals surface area contributed by atoms with Crippen LogP contribution in [0.3, 0.4) is 0 Å². The van der Waals surface area contributed by atoms with Gasteiger partial charge < -0.3 is 20.1 Å². The molecule has 0 atom stereocenters. The van der Waals surface area contributed by atoms with E-state index in [1.807, 2.05) is 30.3 Å². The molecule has 2 N–H and O–H groups in total. The Balaban J connectivity index is 1.63. The minimum Gasteiger partial charge on any atom is -0.445 e. The lowest BCUT2D eigenvalue weighted by atomic mass is 10.1. The van der Waals surface area contributed by atoms with Crippen LogP contribution in [0, 0.1) is 0 Å². The van der Waals surface area contributed by atoms with Gasteiger partial charge in [-0.2, -0.15) is 0 Å². The molecule has 1 heterocycles. The molecule has 0 radical (unpaired) electrons. The van der Waals surface area contributed by atoms with Crippen molar-refractivity contribution < 1.29 is 14.6 Å². The van der Waals surface area contributed by atoms with E-state index in [1.54, 1.807) is 0 Å². The van der Waals surface area contributed by atoms with Crippen molar-refractivity contribution in [3.8, 4) is 0 Å². The molecule has 0 aliphatic carbocycles. The number of ether oxygens (including phenoxy) is 1. The standard InChI is InChI=1S/C16H24N2O3/c19-12-4-9-18-10-7-15(8-11-18)17-16(20)21-13-14-5-2-1-3-6-14/h1-3,5-6,15,19H,4,7-13H2,(H,17,20). The molecule has 0 saturated carbocycles. The first-order valence-electron chi connectivity index (χ1n) is 7.58. The molecule has 5 heteroatoms. The molecule has 2 rings (SSSR count). The van der Waals surface area contributed by atoms with E-state index < -0.39 is 0 Å². The number of amides is 1. The van der Waals surface area contributed by atoms with E-state index in [-0.39, 0.29) is 18.7 Å². The van der Waals surface area contributed by atoms with E-state index in [0.29, 0.717) is 6.61 Å². The van der Waals surface area contributed by atoms with Crippen molar-refractivity contribution in [2.45, 2.75) is 31.9 Å². The summed E-state index contributed by atoms with van der Waals surface area (Å²) in [5.74, 6) is 0. The number of benzene rings is 1. The molecule has 0 spiro atoms. The third-order valence-electron chi connectivity index (χ3n) is 3.75. The maximum absolute atomic E-state index is 11.8. The second kappa shape index (κ2) is 8.64. The van der Waals surface area contributed by atoms with Crippen LogP contribution in [0.4, 0.5) is 4.79 Å². The van der Waals surface area contributed by atoms with Crippen molar-refractivity contribution in [3.63, 3.8) is 0 Å². The molecule has 0 bridgehead atoms. The molecule has 5 nitrogen and oxygen atoms in total. The van der Waals surface area contributed by atoms with E-state index in [2.05, 4.69) is 10.2 Å². The van der Waals surface area contributed by atoms with Crippen LogP contribution in [-0.2, 0) is 11.3 Å². The zero-order chi connectivity index (χ0) is 14.9. The van der Waals surface area contributed by atoms with Crippen LogP contribution >= 0.6 is 0 Å². The van der Waals surface area contributed by atoms with E-state index in [0.717, 1.165) is 44.5 Å². The summed E-state index contributed by atoms with van der Waals surface area (Å²) < 4.78 is 5.23. The Labute approximate surface area is 125 Å². The van der Waals surface area contributed by atoms with Crippen LogP contribution < -0.4 is 5.32 Å². The number of nitrogens with one attached hydrogen (secondary N) is 1. The van der Waals surface area contributed by atoms with Crippen LogP contribution in [-0.4, -0.2) is 48.4 Å². The van der Waals surface area contributed by atoms with E-state index >= 15 is 0 Å². The minimum atomic E-state index is -0.340. The highest BCUT2D eigenvalue weighted by molar-refractivity contribution is 5.67. The molecule has 1 amide bonds. The largest absolute Gasteiger partial charge is 0.445 e. The summed E-state index contributed by atoms with van der Waals surface area (Å²) in [6.07, 6.45) is 2.35. The first-order valence-corrected chi connectivity index (χ1v) is 7.58. The number of alkyl carbamates (subject to hydrolysis) is 1. The van der Waals surface area contributed by atoms with Crippen molar-refractivity contribution >= 4 is 6.09 Å². The van der Waals surface area contributed by atoms with Gasteiger partial charge in [-0.05, 0) is 24.8 Å². The summed E-state index contributed by atoms with van der Waals surface area (Å²) in [6.45, 7) is 3.40. The highest BCUT2D eigenvalue weighted by Gasteiger charge is 2.20. The van der Waals surface area contributed by atoms with Gasteiger partial charge in [0.1, 0.15) is 6.61 Å². The first-order chi connectivity index (χ1) is 10.3. The number of hydrogen-bond donors (Lipinski definition) is 2. The van der Waals surface area contributed by atoms with Crippen molar-refractivity contribution in [1.82, 2.24) is 10.2 Å². The second-order valence-electron chi connectivity index (χ2n) is 5.40. The average molecular weight is 292 g/mol. The Bertz CT molecular complexity index is 417. The Kier molecular flexibility index (Phi) is 6.50. The predicted molar refractivity (Wildman–Crippen MR) is 80.9 cm³/mol. The molecule has 1 aromatic carbocycles. The predicted octanol–water partition coefficient (Wildman–Crippen LogP) is 1.76. The number of rotatable bonds is 6. The number of carbonyl (C=O) groups is 1. The number of aliphatic hydroxyl groups is 1. The maximum atomic E-state index is 11.8. The van der Waals surface area contributed by atoms with Crippen LogP contribution in [0.15, 0.2) is 30.3 Å². The maximum Gasteiger partial charge on any atom is 0.407 e. The summed E-state index contributed by atoms with van der Waals surface area (Å²) >= 11 is 0. The SMILES string of the molecule is O=C(NC1CCN(CCCO)CC1)OCc1ccccc1. The van der Waals surface area contributed by atoms with Gasteiger partial charge in [-0.1, -0.05) is 30.3 Å². The molecular weight excluding hydrogens is 268 g/mol. The van der Waals surface area contributed by atoms with Gasteiger partial charge in [-0.25, -0.2) is 4.79 Å². The van der Waals surface area contributed by atoms with Gasteiger partial charge in [-0.3, -0.25) is 0 Å². The number of aliphatic hydroxyl groups excluding tert-OH is 1. The van der Waals surface area contributed by atoms with Gasteiger partial charge in [0.15, 0.2) is 0 Å². The zero-order valence-corrected chi connectivity index (χ0v) is 12.3. The Morgan fingerprint density at radius 1 is 1.29 bits per heavy atom. The molecule has 116 valence electrons. The van der Waals surface area contributed by atoms with Crippen molar-refractivity contribution in [2.75, 3.05) is 26.2 Å². The van der Waals surface area contributed by atoms with Gasteiger partial charge in [0.05, 0.1) is 0 Å². The fourth-order valence-electron chi connectivity index (χ4n) is 2.53. The molecule has 0 unspecified atom stereocenters. The van der Waals surface area contributed by atoms with Crippen molar-refractivity contribution in [3.05, 3.63) is 35.9 Å². The van der Waals surface area contributed by atoms with E-state index in [9.17, 15) is 4.79 Å². The van der Waals surface area contributed by atoms with Gasteiger partial charge in [-0.15, -0.1) is 0 Å². The van der Waals surface area contributed by atoms with Crippen LogP contribution in [0.1, 0.15) is 24.8 Å². The van der Waals surface area contributed by atoms with Crippen molar-refractivity contribution in [1.29, 1.82) is 0 Å². The molecule has 21 heavy (non-hydrogen) atoms. The molecule has 1 aliphatic rings. The minimum absolute atomic E-state index is 0.193. The number of nitrogens with zero attached hydrogens (tertiary/aromatic N) is 1. The van der Waals surface area contributed by atoms with Crippen LogP contribution in [0.2, 0.25) is 0 Å². The number of likely N-dealkylation sites (tertiary alicyclic amines) is 1. The topological polar surface area (TPSA) is 61.8 Å². The lowest BCUT2D eigenvalue weighted by Gasteiger charge is -2.31. The van der Waals surface area contributed by atoms with Crippen molar-refractivity contribution in [2.24, 2.45) is 0 Å². The third-order valence-corrected chi connectivity index (χ3v) is 3.75. The van der Waals surface area contributed by atoms with Crippen LogP contribution in [0.5, 0.6) is 0 Å². The number of carbonyl (C=O) groups excluding carboxylic acids is 1. The third kappa shape index (κ3) is 5.73. The molecule has 0 aromatic heterocycles. The van der Waals surface area contributed by atoms with Gasteiger partial charge in [0, 0.05) is 32.3 Å². The Morgan fingerprint density at radius 3 is 2.67 bits per heavy atom. The molecule has 1 aliphatic heterocycles. The molecule has 1 aromatic rings. The fraction of sp³-hybridized carbons (Fsp3) is 0.562. The Hall–Kier alpha value is -1.59. The summed E-state index contributed by atoms with van der Waals surface area (Å²) in [5, 5.41) is 11.7. The zero-order valence-electron chi connectivity index (χ0n) is 12.3. The van der Waals surface area contributed by atoms with Gasteiger partial charge >= 0.3 is 6.09 Å². The van der Waals surface area contributed by atoms with Gasteiger partial charge in [0.2, 0.25) is 0 Å². The van der Waals surface area contributed by atoms with Gasteiger partial charge in [0.25, 0.3) is 0 Å². The monoisotopic (exact) mass is 292 g/mol. The molecule has 1 saturated heterocycles. The summed E-state index contributed by atoms with van der Waals surface area (Å²) in [4.78, 5) is 14.1. The number of piperidine rings is 1. The van der Waals surface area contributed by atoms with Crippen LogP contribution in [0.25, 0.3) is 0 Å². The Morgan fingerprint density at radius 2 is 2.00 bits per heavy atom. The smallest absolute Gasteiger partial charge is 0.407 e. The highest BCUT2D eigenvalue weighted by atomic mass is 16.5. The summed E-state index contributed by atoms with van der Waals surface area (Å²) in [6, 6.07) is 9.87. The first kappa shape index (κ1) is 15.8. The quantitative estimate of drug-likeness (QED) is 0.838. The lowest BCUT2D eigenvalue weighted by Crippen LogP contribution is -2.45. The van der Waals surface area contributed by atoms with E-state index in [1.165, 1.54) is 0 Å². The summed E-state index contributed by atoms with van der Waals surface area (Å²) in [7, 11) is 0.